The number of alkyl halides is 3. The molecule has 1 aromatic rings. The first kappa shape index (κ1) is 17.5. The zero-order chi connectivity index (χ0) is 14.6. The number of nitrogens with one attached hydrogen (secondary N) is 1. The second kappa shape index (κ2) is 7.48. The number of nitrogens with zero attached hydrogens (tertiary/aromatic N) is 2. The number of halogens is 4. The number of pyridine rings is 1. The van der Waals surface area contributed by atoms with Gasteiger partial charge in [-0.3, -0.25) is 0 Å². The predicted octanol–water partition coefficient (Wildman–Crippen LogP) is 2.77. The van der Waals surface area contributed by atoms with Crippen LogP contribution in [0.3, 0.4) is 0 Å². The highest BCUT2D eigenvalue weighted by Crippen LogP contribution is 2.30. The molecule has 116 valence electrons. The van der Waals surface area contributed by atoms with E-state index in [1.54, 1.807) is 6.07 Å². The topological polar surface area (TPSA) is 57.9 Å². The summed E-state index contributed by atoms with van der Waals surface area (Å²) in [5, 5.41) is 12.0. The molecule has 1 unspecified atom stereocenters. The summed E-state index contributed by atoms with van der Waals surface area (Å²) in [4.78, 5) is 3.42. The number of hydrogen-bond acceptors (Lipinski definition) is 4. The molecule has 0 spiro atoms. The van der Waals surface area contributed by atoms with Gasteiger partial charge in [0.1, 0.15) is 5.69 Å². The van der Waals surface area contributed by atoms with Gasteiger partial charge in [0.15, 0.2) is 0 Å². The molecular weight excluding hydrogens is 307 g/mol. The van der Waals surface area contributed by atoms with E-state index in [-0.39, 0.29) is 29.8 Å². The van der Waals surface area contributed by atoms with E-state index < -0.39 is 11.9 Å². The predicted molar refractivity (Wildman–Crippen MR) is 72.3 cm³/mol. The average Bonchev–Trinajstić information content (AvgIpc) is 2.45. The van der Waals surface area contributed by atoms with Crippen molar-refractivity contribution in [1.29, 1.82) is 5.26 Å². The average molecular weight is 322 g/mol. The van der Waals surface area contributed by atoms with Crippen LogP contribution in [-0.4, -0.2) is 24.7 Å². The van der Waals surface area contributed by atoms with Crippen LogP contribution in [0.5, 0.6) is 5.88 Å². The van der Waals surface area contributed by atoms with Crippen LogP contribution >= 0.6 is 12.4 Å². The van der Waals surface area contributed by atoms with Crippen molar-refractivity contribution in [2.24, 2.45) is 5.92 Å². The second-order valence-corrected chi connectivity index (χ2v) is 4.71. The van der Waals surface area contributed by atoms with E-state index >= 15 is 0 Å². The summed E-state index contributed by atoms with van der Waals surface area (Å²) in [6.45, 7) is 2.03. The molecule has 1 saturated heterocycles. The smallest absolute Gasteiger partial charge is 0.433 e. The quantitative estimate of drug-likeness (QED) is 0.930. The highest BCUT2D eigenvalue weighted by molar-refractivity contribution is 5.85. The molecule has 1 N–H and O–H groups in total. The minimum absolute atomic E-state index is 0. The van der Waals surface area contributed by atoms with Crippen LogP contribution in [0.25, 0.3) is 0 Å². The summed E-state index contributed by atoms with van der Waals surface area (Å²) in [5.41, 5.74) is -1.21. The van der Waals surface area contributed by atoms with Crippen molar-refractivity contribution in [3.8, 4) is 11.9 Å². The fourth-order valence-electron chi connectivity index (χ4n) is 2.06. The molecule has 1 aromatic heterocycles. The van der Waals surface area contributed by atoms with Gasteiger partial charge in [0.25, 0.3) is 0 Å². The molecule has 0 saturated carbocycles. The van der Waals surface area contributed by atoms with Gasteiger partial charge in [0, 0.05) is 18.5 Å². The number of aromatic nitrogens is 1. The highest BCUT2D eigenvalue weighted by Gasteiger charge is 2.33. The Morgan fingerprint density at radius 3 is 2.76 bits per heavy atom. The van der Waals surface area contributed by atoms with Crippen LogP contribution in [0.15, 0.2) is 12.1 Å². The van der Waals surface area contributed by atoms with Gasteiger partial charge >= 0.3 is 6.18 Å². The fourth-order valence-corrected chi connectivity index (χ4v) is 2.06. The van der Waals surface area contributed by atoms with Crippen LogP contribution in [0.1, 0.15) is 24.1 Å². The van der Waals surface area contributed by atoms with Gasteiger partial charge < -0.3 is 10.1 Å². The summed E-state index contributed by atoms with van der Waals surface area (Å²) in [6.07, 6.45) is -2.60. The van der Waals surface area contributed by atoms with Gasteiger partial charge in [-0.2, -0.15) is 18.4 Å². The largest absolute Gasteiger partial charge is 0.477 e. The second-order valence-electron chi connectivity index (χ2n) is 4.71. The fraction of sp³-hybridized carbons (Fsp3) is 0.538. The Bertz CT molecular complexity index is 510. The van der Waals surface area contributed by atoms with Crippen LogP contribution in [-0.2, 0) is 6.18 Å². The molecule has 1 atom stereocenters. The highest BCUT2D eigenvalue weighted by atomic mass is 35.5. The van der Waals surface area contributed by atoms with E-state index in [2.05, 4.69) is 10.3 Å². The number of rotatable bonds is 3. The Hall–Kier alpha value is -1.52. The summed E-state index contributed by atoms with van der Waals surface area (Å²) in [6, 6.07) is 3.63. The maximum atomic E-state index is 12.6. The van der Waals surface area contributed by atoms with Crippen molar-refractivity contribution in [3.05, 3.63) is 23.4 Å². The molecule has 1 aliphatic heterocycles. The maximum absolute atomic E-state index is 12.6. The van der Waals surface area contributed by atoms with E-state index in [0.717, 1.165) is 32.0 Å². The minimum Gasteiger partial charge on any atom is -0.477 e. The number of piperidine rings is 1. The molecule has 1 aliphatic rings. The third-order valence-corrected chi connectivity index (χ3v) is 3.09. The van der Waals surface area contributed by atoms with E-state index in [4.69, 9.17) is 10.00 Å². The van der Waals surface area contributed by atoms with Gasteiger partial charge in [-0.05, 0) is 25.5 Å². The SMILES string of the molecule is Cl.N#Cc1cc(OCC2CCCNC2)nc(C(F)(F)F)c1. The lowest BCUT2D eigenvalue weighted by atomic mass is 10.0. The molecule has 0 amide bonds. The number of ether oxygens (including phenoxy) is 1. The Morgan fingerprint density at radius 2 is 2.19 bits per heavy atom. The van der Waals surface area contributed by atoms with Crippen LogP contribution in [0.4, 0.5) is 13.2 Å². The standard InChI is InChI=1S/C13H14F3N3O.ClH/c14-13(15,16)11-4-10(6-17)5-12(19-11)20-8-9-2-1-3-18-7-9;/h4-5,9,18H,1-3,7-8H2;1H. The molecule has 21 heavy (non-hydrogen) atoms. The Kier molecular flexibility index (Phi) is 6.24. The molecule has 4 nitrogen and oxygen atoms in total. The normalized spacial score (nSPS) is 18.5. The first-order valence-corrected chi connectivity index (χ1v) is 6.32. The van der Waals surface area contributed by atoms with Crippen LogP contribution in [0, 0.1) is 17.2 Å². The van der Waals surface area contributed by atoms with Crippen molar-refractivity contribution >= 4 is 12.4 Å². The van der Waals surface area contributed by atoms with Gasteiger partial charge in [0.2, 0.25) is 5.88 Å². The summed E-state index contributed by atoms with van der Waals surface area (Å²) in [5.74, 6) is 0.104. The van der Waals surface area contributed by atoms with Gasteiger partial charge in [0.05, 0.1) is 18.2 Å². The Balaban J connectivity index is 0.00000220. The van der Waals surface area contributed by atoms with Crippen LogP contribution in [0.2, 0.25) is 0 Å². The molecule has 0 aliphatic carbocycles. The Morgan fingerprint density at radius 1 is 1.43 bits per heavy atom. The third-order valence-electron chi connectivity index (χ3n) is 3.09. The zero-order valence-corrected chi connectivity index (χ0v) is 11.9. The minimum atomic E-state index is -4.59. The summed E-state index contributed by atoms with van der Waals surface area (Å²) in [7, 11) is 0. The van der Waals surface area contributed by atoms with Crippen molar-refractivity contribution in [1.82, 2.24) is 10.3 Å². The van der Waals surface area contributed by atoms with E-state index in [1.807, 2.05) is 0 Å². The van der Waals surface area contributed by atoms with Gasteiger partial charge in [-0.15, -0.1) is 12.4 Å². The molecule has 2 rings (SSSR count). The molecule has 0 aromatic carbocycles. The number of hydrogen-bond donors (Lipinski definition) is 1. The van der Waals surface area contributed by atoms with Gasteiger partial charge in [-0.1, -0.05) is 0 Å². The lowest BCUT2D eigenvalue weighted by molar-refractivity contribution is -0.141. The van der Waals surface area contributed by atoms with Crippen molar-refractivity contribution in [3.63, 3.8) is 0 Å². The van der Waals surface area contributed by atoms with E-state index in [9.17, 15) is 13.2 Å². The third kappa shape index (κ3) is 5.06. The van der Waals surface area contributed by atoms with Crippen molar-refractivity contribution in [2.45, 2.75) is 19.0 Å². The van der Waals surface area contributed by atoms with E-state index in [1.165, 1.54) is 6.07 Å². The van der Waals surface area contributed by atoms with Crippen molar-refractivity contribution < 1.29 is 17.9 Å². The lowest BCUT2D eigenvalue weighted by Gasteiger charge is -2.22. The molecule has 0 bridgehead atoms. The van der Waals surface area contributed by atoms with Gasteiger partial charge in [-0.25, -0.2) is 4.98 Å². The first-order valence-electron chi connectivity index (χ1n) is 6.32. The van der Waals surface area contributed by atoms with Crippen molar-refractivity contribution in [2.75, 3.05) is 19.7 Å². The molecule has 0 radical (unpaired) electrons. The number of nitriles is 1. The van der Waals surface area contributed by atoms with Crippen LogP contribution < -0.4 is 10.1 Å². The zero-order valence-electron chi connectivity index (χ0n) is 11.1. The maximum Gasteiger partial charge on any atom is 0.433 e. The Labute approximate surface area is 126 Å². The summed E-state index contributed by atoms with van der Waals surface area (Å²) < 4.78 is 43.2. The molecule has 8 heteroatoms. The molecular formula is C13H15ClF3N3O. The molecule has 1 fully saturated rings. The molecule has 2 heterocycles. The monoisotopic (exact) mass is 321 g/mol. The lowest BCUT2D eigenvalue weighted by Crippen LogP contribution is -2.33. The summed E-state index contributed by atoms with van der Waals surface area (Å²) >= 11 is 0. The first-order chi connectivity index (χ1) is 9.49. The van der Waals surface area contributed by atoms with E-state index in [0.29, 0.717) is 6.61 Å².